The van der Waals surface area contributed by atoms with Crippen LogP contribution in [-0.4, -0.2) is 18.2 Å². The monoisotopic (exact) mass is 210 g/mol. The molecule has 0 unspecified atom stereocenters. The minimum atomic E-state index is -0.692. The van der Waals surface area contributed by atoms with Gasteiger partial charge in [0.05, 0.1) is 12.7 Å². The summed E-state index contributed by atoms with van der Waals surface area (Å²) in [5.74, 6) is 0. The molecule has 1 saturated carbocycles. The maximum Gasteiger partial charge on any atom is 0.408 e. The fourth-order valence-corrected chi connectivity index (χ4v) is 1.96. The highest BCUT2D eigenvalue weighted by atomic mass is 16.5. The predicted octanol–water partition coefficient (Wildman–Crippen LogP) is 2.35. The van der Waals surface area contributed by atoms with E-state index >= 15 is 0 Å². The van der Waals surface area contributed by atoms with Crippen LogP contribution in [0, 0.1) is 11.3 Å². The van der Waals surface area contributed by atoms with Gasteiger partial charge in [0.25, 0.3) is 0 Å². The van der Waals surface area contributed by atoms with E-state index in [2.05, 4.69) is 11.4 Å². The molecule has 0 aromatic rings. The molecule has 1 aliphatic carbocycles. The van der Waals surface area contributed by atoms with E-state index in [-0.39, 0.29) is 0 Å². The first kappa shape index (κ1) is 11.8. The Morgan fingerprint density at radius 1 is 1.40 bits per heavy atom. The van der Waals surface area contributed by atoms with Crippen molar-refractivity contribution in [3.8, 4) is 6.07 Å². The lowest BCUT2D eigenvalue weighted by atomic mass is 9.92. The quantitative estimate of drug-likeness (QED) is 0.711. The first-order valence-corrected chi connectivity index (χ1v) is 5.58. The Bertz CT molecular complexity index is 250. The van der Waals surface area contributed by atoms with E-state index in [4.69, 9.17) is 10.00 Å². The summed E-state index contributed by atoms with van der Waals surface area (Å²) < 4.78 is 4.81. The second-order valence-corrected chi connectivity index (χ2v) is 3.95. The van der Waals surface area contributed by atoms with Crippen molar-refractivity contribution in [2.24, 2.45) is 0 Å². The van der Waals surface area contributed by atoms with E-state index in [0.29, 0.717) is 6.61 Å². The lowest BCUT2D eigenvalue weighted by molar-refractivity contribution is 0.141. The van der Waals surface area contributed by atoms with Gasteiger partial charge in [-0.3, -0.25) is 0 Å². The van der Waals surface area contributed by atoms with Crippen LogP contribution in [-0.2, 0) is 4.74 Å². The molecule has 1 aliphatic rings. The summed E-state index contributed by atoms with van der Waals surface area (Å²) in [6, 6.07) is 2.23. The van der Waals surface area contributed by atoms with Gasteiger partial charge in [0.15, 0.2) is 0 Å². The van der Waals surface area contributed by atoms with E-state index in [1.54, 1.807) is 6.92 Å². The van der Waals surface area contributed by atoms with Gasteiger partial charge in [-0.1, -0.05) is 25.7 Å². The van der Waals surface area contributed by atoms with Crippen molar-refractivity contribution in [3.63, 3.8) is 0 Å². The van der Waals surface area contributed by atoms with Gasteiger partial charge in [-0.25, -0.2) is 4.79 Å². The molecule has 4 heteroatoms. The average Bonchev–Trinajstić information content (AvgIpc) is 2.44. The molecule has 0 aliphatic heterocycles. The average molecular weight is 210 g/mol. The van der Waals surface area contributed by atoms with Gasteiger partial charge in [0, 0.05) is 0 Å². The van der Waals surface area contributed by atoms with Crippen LogP contribution in [0.5, 0.6) is 0 Å². The maximum absolute atomic E-state index is 11.3. The molecule has 15 heavy (non-hydrogen) atoms. The molecule has 1 amide bonds. The largest absolute Gasteiger partial charge is 0.450 e. The van der Waals surface area contributed by atoms with Crippen molar-refractivity contribution in [1.29, 1.82) is 5.26 Å². The first-order valence-electron chi connectivity index (χ1n) is 5.58. The summed E-state index contributed by atoms with van der Waals surface area (Å²) in [4.78, 5) is 11.3. The van der Waals surface area contributed by atoms with Crippen LogP contribution in [0.4, 0.5) is 4.79 Å². The lowest BCUT2D eigenvalue weighted by Gasteiger charge is -2.25. The summed E-state index contributed by atoms with van der Waals surface area (Å²) in [5.41, 5.74) is -0.692. The van der Waals surface area contributed by atoms with Crippen LogP contribution in [0.25, 0.3) is 0 Å². The minimum absolute atomic E-state index is 0.341. The number of amides is 1. The molecule has 0 atom stereocenters. The molecule has 1 fully saturated rings. The highest BCUT2D eigenvalue weighted by molar-refractivity contribution is 5.69. The van der Waals surface area contributed by atoms with Gasteiger partial charge in [0.1, 0.15) is 5.54 Å². The summed E-state index contributed by atoms with van der Waals surface area (Å²) in [6.07, 6.45) is 5.30. The summed E-state index contributed by atoms with van der Waals surface area (Å²) in [5, 5.41) is 11.9. The third-order valence-electron chi connectivity index (χ3n) is 2.79. The zero-order valence-corrected chi connectivity index (χ0v) is 9.21. The molecule has 0 aromatic heterocycles. The normalized spacial score (nSPS) is 19.7. The molecule has 0 saturated heterocycles. The first-order chi connectivity index (χ1) is 7.22. The molecule has 1 N–H and O–H groups in total. The van der Waals surface area contributed by atoms with Crippen LogP contribution in [0.3, 0.4) is 0 Å². The topological polar surface area (TPSA) is 62.1 Å². The molecular weight excluding hydrogens is 192 g/mol. The zero-order valence-electron chi connectivity index (χ0n) is 9.21. The third-order valence-corrected chi connectivity index (χ3v) is 2.79. The van der Waals surface area contributed by atoms with Gasteiger partial charge < -0.3 is 10.1 Å². The number of ether oxygens (including phenoxy) is 1. The fraction of sp³-hybridized carbons (Fsp3) is 0.818. The van der Waals surface area contributed by atoms with Crippen molar-refractivity contribution in [1.82, 2.24) is 5.32 Å². The van der Waals surface area contributed by atoms with E-state index in [1.165, 1.54) is 0 Å². The van der Waals surface area contributed by atoms with Crippen molar-refractivity contribution in [2.75, 3.05) is 6.61 Å². The second kappa shape index (κ2) is 5.59. The predicted molar refractivity (Wildman–Crippen MR) is 56.2 cm³/mol. The number of hydrogen-bond acceptors (Lipinski definition) is 3. The molecule has 84 valence electrons. The highest BCUT2D eigenvalue weighted by Gasteiger charge is 2.32. The molecule has 4 nitrogen and oxygen atoms in total. The minimum Gasteiger partial charge on any atom is -0.450 e. The zero-order chi connectivity index (χ0) is 11.1. The number of nitrogens with zero attached hydrogens (tertiary/aromatic N) is 1. The molecular formula is C11H18N2O2. The Morgan fingerprint density at radius 3 is 2.47 bits per heavy atom. The number of hydrogen-bond donors (Lipinski definition) is 1. The maximum atomic E-state index is 11.3. The lowest BCUT2D eigenvalue weighted by Crippen LogP contribution is -2.47. The van der Waals surface area contributed by atoms with Crippen LogP contribution >= 0.6 is 0 Å². The number of carbonyl (C=O) groups is 1. The summed E-state index contributed by atoms with van der Waals surface area (Å²) in [7, 11) is 0. The van der Waals surface area contributed by atoms with Crippen molar-refractivity contribution < 1.29 is 9.53 Å². The van der Waals surface area contributed by atoms with Gasteiger partial charge >= 0.3 is 6.09 Å². The van der Waals surface area contributed by atoms with Gasteiger partial charge in [0.2, 0.25) is 0 Å². The third kappa shape index (κ3) is 3.43. The van der Waals surface area contributed by atoms with Gasteiger partial charge in [-0.05, 0) is 19.8 Å². The number of alkyl carbamates (subject to hydrolysis) is 1. The van der Waals surface area contributed by atoms with Crippen molar-refractivity contribution >= 4 is 6.09 Å². The molecule has 0 heterocycles. The Hall–Kier alpha value is -1.24. The second-order valence-electron chi connectivity index (χ2n) is 3.95. The fourth-order valence-electron chi connectivity index (χ4n) is 1.96. The number of rotatable bonds is 2. The van der Waals surface area contributed by atoms with E-state index < -0.39 is 11.6 Å². The van der Waals surface area contributed by atoms with Crippen LogP contribution in [0.15, 0.2) is 0 Å². The number of nitrogens with one attached hydrogen (secondary N) is 1. The van der Waals surface area contributed by atoms with Crippen molar-refractivity contribution in [2.45, 2.75) is 51.0 Å². The van der Waals surface area contributed by atoms with Crippen molar-refractivity contribution in [3.05, 3.63) is 0 Å². The van der Waals surface area contributed by atoms with E-state index in [9.17, 15) is 4.79 Å². The Labute approximate surface area is 90.6 Å². The molecule has 0 radical (unpaired) electrons. The summed E-state index contributed by atoms with van der Waals surface area (Å²) in [6.45, 7) is 2.10. The van der Waals surface area contributed by atoms with Crippen LogP contribution in [0.1, 0.15) is 45.4 Å². The molecule has 0 spiro atoms. The van der Waals surface area contributed by atoms with Gasteiger partial charge in [-0.15, -0.1) is 0 Å². The Kier molecular flexibility index (Phi) is 4.41. The standard InChI is InChI=1S/C11H18N2O2/c1-2-15-10(14)13-11(9-12)7-5-3-4-6-8-11/h2-8H2,1H3,(H,13,14). The van der Waals surface area contributed by atoms with Gasteiger partial charge in [-0.2, -0.15) is 5.26 Å². The molecule has 0 aromatic carbocycles. The smallest absolute Gasteiger partial charge is 0.408 e. The Morgan fingerprint density at radius 2 is 2.00 bits per heavy atom. The van der Waals surface area contributed by atoms with Crippen LogP contribution in [0.2, 0.25) is 0 Å². The number of carbonyl (C=O) groups excluding carboxylic acids is 1. The van der Waals surface area contributed by atoms with E-state index in [1.807, 2.05) is 0 Å². The SMILES string of the molecule is CCOC(=O)NC1(C#N)CCCCCC1. The summed E-state index contributed by atoms with van der Waals surface area (Å²) >= 11 is 0. The molecule has 1 rings (SSSR count). The Balaban J connectivity index is 2.58. The highest BCUT2D eigenvalue weighted by Crippen LogP contribution is 2.26. The number of nitriles is 1. The molecule has 0 bridgehead atoms. The van der Waals surface area contributed by atoms with Crippen LogP contribution < -0.4 is 5.32 Å². The van der Waals surface area contributed by atoms with E-state index in [0.717, 1.165) is 38.5 Å².